The van der Waals surface area contributed by atoms with E-state index < -0.39 is 0 Å². The monoisotopic (exact) mass is 282 g/mol. The van der Waals surface area contributed by atoms with E-state index in [1.54, 1.807) is 0 Å². The van der Waals surface area contributed by atoms with E-state index in [2.05, 4.69) is 36.5 Å². The average Bonchev–Trinajstić information content (AvgIpc) is 2.47. The lowest BCUT2D eigenvalue weighted by atomic mass is 10.1. The number of nitrogens with one attached hydrogen (secondary N) is 1. The van der Waals surface area contributed by atoms with Gasteiger partial charge in [-0.1, -0.05) is 42.0 Å². The van der Waals surface area contributed by atoms with E-state index in [1.807, 2.05) is 31.2 Å². The summed E-state index contributed by atoms with van der Waals surface area (Å²) < 4.78 is 0. The van der Waals surface area contributed by atoms with Crippen LogP contribution in [0.2, 0.25) is 0 Å². The van der Waals surface area contributed by atoms with Gasteiger partial charge in [0.2, 0.25) is 5.91 Å². The highest BCUT2D eigenvalue weighted by Gasteiger charge is 2.09. The van der Waals surface area contributed by atoms with Crippen molar-refractivity contribution in [1.29, 1.82) is 0 Å². The van der Waals surface area contributed by atoms with Crippen LogP contribution in [-0.4, -0.2) is 5.91 Å². The van der Waals surface area contributed by atoms with Gasteiger partial charge in [-0.2, -0.15) is 0 Å². The first kappa shape index (κ1) is 15.1. The highest BCUT2D eigenvalue weighted by atomic mass is 16.1. The number of aryl methyl sites for hydroxylation is 2. The van der Waals surface area contributed by atoms with Crippen molar-refractivity contribution >= 4 is 11.6 Å². The van der Waals surface area contributed by atoms with Crippen molar-refractivity contribution in [3.05, 3.63) is 65.2 Å². The van der Waals surface area contributed by atoms with Gasteiger partial charge in [-0.25, -0.2) is 0 Å². The first-order chi connectivity index (χ1) is 10.0. The molecule has 0 saturated carbocycles. The molecule has 0 saturated heterocycles. The quantitative estimate of drug-likeness (QED) is 0.826. The SMILES string of the molecule is Cc1ccc([C@H](C)NC(=O)CCc2ccc(N)cc2)cc1. The van der Waals surface area contributed by atoms with Crippen LogP contribution in [0.1, 0.15) is 36.1 Å². The zero-order valence-corrected chi connectivity index (χ0v) is 12.6. The van der Waals surface area contributed by atoms with Gasteiger partial charge in [0.25, 0.3) is 0 Å². The Morgan fingerprint density at radius 3 is 2.33 bits per heavy atom. The standard InChI is InChI=1S/C18H22N2O/c1-13-3-8-16(9-4-13)14(2)20-18(21)12-7-15-5-10-17(19)11-6-15/h3-6,8-11,14H,7,12,19H2,1-2H3,(H,20,21)/t14-/m0/s1. The summed E-state index contributed by atoms with van der Waals surface area (Å²) in [6.45, 7) is 4.06. The maximum Gasteiger partial charge on any atom is 0.220 e. The molecule has 2 aromatic carbocycles. The van der Waals surface area contributed by atoms with Crippen LogP contribution in [0.15, 0.2) is 48.5 Å². The van der Waals surface area contributed by atoms with Crippen LogP contribution in [-0.2, 0) is 11.2 Å². The highest BCUT2D eigenvalue weighted by Crippen LogP contribution is 2.14. The second-order valence-electron chi connectivity index (χ2n) is 5.44. The number of benzene rings is 2. The fraction of sp³-hybridized carbons (Fsp3) is 0.278. The van der Waals surface area contributed by atoms with Crippen molar-refractivity contribution in [1.82, 2.24) is 5.32 Å². The highest BCUT2D eigenvalue weighted by molar-refractivity contribution is 5.76. The average molecular weight is 282 g/mol. The third-order valence-electron chi connectivity index (χ3n) is 3.58. The number of rotatable bonds is 5. The van der Waals surface area contributed by atoms with Crippen molar-refractivity contribution in [2.45, 2.75) is 32.7 Å². The predicted molar refractivity (Wildman–Crippen MR) is 86.9 cm³/mol. The Labute approximate surface area is 126 Å². The van der Waals surface area contributed by atoms with Gasteiger partial charge in [0.05, 0.1) is 6.04 Å². The molecular weight excluding hydrogens is 260 g/mol. The summed E-state index contributed by atoms with van der Waals surface area (Å²) in [6.07, 6.45) is 1.22. The predicted octanol–water partition coefficient (Wildman–Crippen LogP) is 3.39. The fourth-order valence-corrected chi connectivity index (χ4v) is 2.19. The van der Waals surface area contributed by atoms with Crippen molar-refractivity contribution < 1.29 is 4.79 Å². The van der Waals surface area contributed by atoms with E-state index in [1.165, 1.54) is 5.56 Å². The summed E-state index contributed by atoms with van der Waals surface area (Å²) in [5.74, 6) is 0.0694. The van der Waals surface area contributed by atoms with Gasteiger partial charge >= 0.3 is 0 Å². The molecular formula is C18H22N2O. The Kier molecular flexibility index (Phi) is 4.99. The summed E-state index contributed by atoms with van der Waals surface area (Å²) in [6, 6.07) is 15.9. The Morgan fingerprint density at radius 1 is 1.10 bits per heavy atom. The van der Waals surface area contributed by atoms with Crippen LogP contribution in [0.5, 0.6) is 0 Å². The second kappa shape index (κ2) is 6.93. The second-order valence-corrected chi connectivity index (χ2v) is 5.44. The lowest BCUT2D eigenvalue weighted by molar-refractivity contribution is -0.121. The van der Waals surface area contributed by atoms with E-state index in [0.29, 0.717) is 6.42 Å². The maximum absolute atomic E-state index is 12.0. The molecule has 3 heteroatoms. The van der Waals surface area contributed by atoms with Crippen LogP contribution < -0.4 is 11.1 Å². The molecule has 0 spiro atoms. The molecule has 2 aromatic rings. The lowest BCUT2D eigenvalue weighted by Gasteiger charge is -2.14. The number of amides is 1. The smallest absolute Gasteiger partial charge is 0.220 e. The van der Waals surface area contributed by atoms with Crippen LogP contribution in [0.4, 0.5) is 5.69 Å². The molecule has 0 aliphatic rings. The molecule has 0 heterocycles. The number of carbonyl (C=O) groups excluding carboxylic acids is 1. The first-order valence-electron chi connectivity index (χ1n) is 7.25. The van der Waals surface area contributed by atoms with Crippen LogP contribution in [0.3, 0.4) is 0 Å². The van der Waals surface area contributed by atoms with E-state index >= 15 is 0 Å². The van der Waals surface area contributed by atoms with Gasteiger partial charge in [-0.05, 0) is 43.5 Å². The molecule has 2 rings (SSSR count). The number of hydrogen-bond acceptors (Lipinski definition) is 2. The molecule has 0 bridgehead atoms. The zero-order chi connectivity index (χ0) is 15.2. The fourth-order valence-electron chi connectivity index (χ4n) is 2.19. The summed E-state index contributed by atoms with van der Waals surface area (Å²) in [5, 5.41) is 3.03. The van der Waals surface area contributed by atoms with Gasteiger partial charge in [-0.3, -0.25) is 4.79 Å². The minimum Gasteiger partial charge on any atom is -0.399 e. The number of carbonyl (C=O) groups is 1. The molecule has 3 N–H and O–H groups in total. The van der Waals surface area contributed by atoms with Crippen LogP contribution in [0, 0.1) is 6.92 Å². The maximum atomic E-state index is 12.0. The molecule has 0 radical (unpaired) electrons. The summed E-state index contributed by atoms with van der Waals surface area (Å²) in [4.78, 5) is 12.0. The van der Waals surface area contributed by atoms with Crippen molar-refractivity contribution in [3.8, 4) is 0 Å². The van der Waals surface area contributed by atoms with Crippen molar-refractivity contribution in [3.63, 3.8) is 0 Å². The number of nitrogens with two attached hydrogens (primary N) is 1. The molecule has 0 unspecified atom stereocenters. The Hall–Kier alpha value is -2.29. The number of hydrogen-bond donors (Lipinski definition) is 2. The minimum atomic E-state index is 0.0320. The summed E-state index contributed by atoms with van der Waals surface area (Å²) in [5.41, 5.74) is 9.87. The molecule has 110 valence electrons. The molecule has 0 aliphatic heterocycles. The Balaban J connectivity index is 1.83. The minimum absolute atomic E-state index is 0.0320. The Morgan fingerprint density at radius 2 is 1.71 bits per heavy atom. The largest absolute Gasteiger partial charge is 0.399 e. The van der Waals surface area contributed by atoms with Gasteiger partial charge in [0.15, 0.2) is 0 Å². The van der Waals surface area contributed by atoms with Crippen molar-refractivity contribution in [2.24, 2.45) is 0 Å². The topological polar surface area (TPSA) is 55.1 Å². The Bertz CT molecular complexity index is 588. The molecule has 1 amide bonds. The van der Waals surface area contributed by atoms with E-state index in [-0.39, 0.29) is 11.9 Å². The van der Waals surface area contributed by atoms with Gasteiger partial charge in [0.1, 0.15) is 0 Å². The number of nitrogen functional groups attached to an aromatic ring is 1. The van der Waals surface area contributed by atoms with Gasteiger partial charge < -0.3 is 11.1 Å². The van der Waals surface area contributed by atoms with Crippen LogP contribution in [0.25, 0.3) is 0 Å². The van der Waals surface area contributed by atoms with E-state index in [9.17, 15) is 4.79 Å². The molecule has 0 aliphatic carbocycles. The van der Waals surface area contributed by atoms with E-state index in [0.717, 1.165) is 23.2 Å². The third kappa shape index (κ3) is 4.63. The third-order valence-corrected chi connectivity index (χ3v) is 3.58. The van der Waals surface area contributed by atoms with Crippen LogP contribution >= 0.6 is 0 Å². The van der Waals surface area contributed by atoms with E-state index in [4.69, 9.17) is 5.73 Å². The zero-order valence-electron chi connectivity index (χ0n) is 12.6. The molecule has 1 atom stereocenters. The summed E-state index contributed by atoms with van der Waals surface area (Å²) >= 11 is 0. The molecule has 21 heavy (non-hydrogen) atoms. The van der Waals surface area contributed by atoms with Crippen molar-refractivity contribution in [2.75, 3.05) is 5.73 Å². The van der Waals surface area contributed by atoms with Gasteiger partial charge in [0, 0.05) is 12.1 Å². The normalized spacial score (nSPS) is 11.9. The van der Waals surface area contributed by atoms with Gasteiger partial charge in [-0.15, -0.1) is 0 Å². The summed E-state index contributed by atoms with van der Waals surface area (Å²) in [7, 11) is 0. The lowest BCUT2D eigenvalue weighted by Crippen LogP contribution is -2.26. The molecule has 0 fully saturated rings. The molecule has 3 nitrogen and oxygen atoms in total. The number of anilines is 1. The molecule has 0 aromatic heterocycles. The first-order valence-corrected chi connectivity index (χ1v) is 7.25.